The van der Waals surface area contributed by atoms with E-state index in [1.165, 1.54) is 37.9 Å². The van der Waals surface area contributed by atoms with E-state index in [1.807, 2.05) is 0 Å². The smallest absolute Gasteiger partial charge is 0.0593 e. The van der Waals surface area contributed by atoms with Crippen molar-refractivity contribution in [2.24, 2.45) is 0 Å². The standard InChI is InChI=1S/C19H24BrN/c1-6-21-19(16-11-12(2)7-8-17(16)20)18-14(4)9-13(3)10-15(18)5/h7-11,19,21H,6H2,1-5H3. The summed E-state index contributed by atoms with van der Waals surface area (Å²) < 4.78 is 1.17. The van der Waals surface area contributed by atoms with Crippen LogP contribution in [0, 0.1) is 27.7 Å². The van der Waals surface area contributed by atoms with Gasteiger partial charge in [-0.15, -0.1) is 0 Å². The summed E-state index contributed by atoms with van der Waals surface area (Å²) in [5, 5.41) is 3.65. The lowest BCUT2D eigenvalue weighted by molar-refractivity contribution is 0.622. The third kappa shape index (κ3) is 3.56. The van der Waals surface area contributed by atoms with Gasteiger partial charge in [0.2, 0.25) is 0 Å². The fourth-order valence-corrected chi connectivity index (χ4v) is 3.58. The lowest BCUT2D eigenvalue weighted by atomic mass is 9.89. The number of rotatable bonds is 4. The first-order valence-electron chi connectivity index (χ1n) is 7.51. The molecule has 0 aliphatic carbocycles. The Labute approximate surface area is 136 Å². The second-order valence-electron chi connectivity index (χ2n) is 5.83. The maximum absolute atomic E-state index is 3.72. The summed E-state index contributed by atoms with van der Waals surface area (Å²) in [6.45, 7) is 11.8. The van der Waals surface area contributed by atoms with Gasteiger partial charge < -0.3 is 5.32 Å². The van der Waals surface area contributed by atoms with Crippen molar-refractivity contribution >= 4 is 15.9 Å². The number of aryl methyl sites for hydroxylation is 4. The van der Waals surface area contributed by atoms with Gasteiger partial charge in [-0.2, -0.15) is 0 Å². The minimum atomic E-state index is 0.227. The quantitative estimate of drug-likeness (QED) is 0.783. The van der Waals surface area contributed by atoms with Gasteiger partial charge in [-0.1, -0.05) is 58.2 Å². The largest absolute Gasteiger partial charge is 0.306 e. The molecule has 0 saturated carbocycles. The van der Waals surface area contributed by atoms with Crippen LogP contribution in [0.5, 0.6) is 0 Å². The molecule has 0 bridgehead atoms. The summed E-state index contributed by atoms with van der Waals surface area (Å²) in [7, 11) is 0. The van der Waals surface area contributed by atoms with Crippen LogP contribution in [-0.4, -0.2) is 6.54 Å². The second-order valence-corrected chi connectivity index (χ2v) is 6.68. The van der Waals surface area contributed by atoms with Gasteiger partial charge in [0.1, 0.15) is 0 Å². The van der Waals surface area contributed by atoms with E-state index in [-0.39, 0.29) is 6.04 Å². The molecule has 1 N–H and O–H groups in total. The zero-order chi connectivity index (χ0) is 15.6. The average molecular weight is 346 g/mol. The molecule has 0 aliphatic rings. The predicted molar refractivity (Wildman–Crippen MR) is 95.1 cm³/mol. The topological polar surface area (TPSA) is 12.0 Å². The molecule has 1 unspecified atom stereocenters. The first-order valence-corrected chi connectivity index (χ1v) is 8.30. The van der Waals surface area contributed by atoms with Gasteiger partial charge in [0.25, 0.3) is 0 Å². The number of hydrogen-bond acceptors (Lipinski definition) is 1. The summed E-state index contributed by atoms with van der Waals surface area (Å²) in [6.07, 6.45) is 0. The van der Waals surface area contributed by atoms with Crippen LogP contribution in [0.15, 0.2) is 34.8 Å². The molecule has 2 aromatic carbocycles. The summed E-state index contributed by atoms with van der Waals surface area (Å²) in [4.78, 5) is 0. The Morgan fingerprint density at radius 3 is 2.14 bits per heavy atom. The predicted octanol–water partition coefficient (Wildman–Crippen LogP) is 5.38. The molecule has 0 heterocycles. The maximum atomic E-state index is 3.72. The molecule has 0 aromatic heterocycles. The molecule has 112 valence electrons. The highest BCUT2D eigenvalue weighted by molar-refractivity contribution is 9.10. The average Bonchev–Trinajstić information content (AvgIpc) is 2.39. The van der Waals surface area contributed by atoms with Crippen LogP contribution in [0.4, 0.5) is 0 Å². The molecular formula is C19H24BrN. The number of hydrogen-bond donors (Lipinski definition) is 1. The van der Waals surface area contributed by atoms with E-state index in [4.69, 9.17) is 0 Å². The SMILES string of the molecule is CCNC(c1cc(C)ccc1Br)c1c(C)cc(C)cc1C. The van der Waals surface area contributed by atoms with Crippen LogP contribution in [-0.2, 0) is 0 Å². The highest BCUT2D eigenvalue weighted by Gasteiger charge is 2.20. The van der Waals surface area contributed by atoms with Crippen molar-refractivity contribution in [3.05, 3.63) is 68.2 Å². The van der Waals surface area contributed by atoms with Crippen molar-refractivity contribution in [3.63, 3.8) is 0 Å². The highest BCUT2D eigenvalue weighted by atomic mass is 79.9. The summed E-state index contributed by atoms with van der Waals surface area (Å²) in [5.41, 5.74) is 8.03. The Morgan fingerprint density at radius 2 is 1.57 bits per heavy atom. The van der Waals surface area contributed by atoms with E-state index >= 15 is 0 Å². The minimum absolute atomic E-state index is 0.227. The second kappa shape index (κ2) is 6.76. The van der Waals surface area contributed by atoms with E-state index in [9.17, 15) is 0 Å². The Bertz CT molecular complexity index is 623. The first-order chi connectivity index (χ1) is 9.93. The Balaban J connectivity index is 2.61. The molecule has 0 fully saturated rings. The molecule has 1 atom stereocenters. The normalized spacial score (nSPS) is 12.5. The van der Waals surface area contributed by atoms with Crippen LogP contribution in [0.2, 0.25) is 0 Å². The van der Waals surface area contributed by atoms with Crippen molar-refractivity contribution < 1.29 is 0 Å². The number of halogens is 1. The van der Waals surface area contributed by atoms with Crippen LogP contribution >= 0.6 is 15.9 Å². The van der Waals surface area contributed by atoms with Crippen LogP contribution < -0.4 is 5.32 Å². The fraction of sp³-hybridized carbons (Fsp3) is 0.368. The molecule has 0 radical (unpaired) electrons. The van der Waals surface area contributed by atoms with Gasteiger partial charge in [-0.3, -0.25) is 0 Å². The Hall–Kier alpha value is -1.12. The van der Waals surface area contributed by atoms with Gasteiger partial charge in [0.15, 0.2) is 0 Å². The van der Waals surface area contributed by atoms with E-state index in [0.717, 1.165) is 6.54 Å². The molecule has 0 amide bonds. The number of nitrogens with one attached hydrogen (secondary N) is 1. The molecule has 2 aromatic rings. The summed E-state index contributed by atoms with van der Waals surface area (Å²) >= 11 is 3.72. The third-order valence-corrected chi connectivity index (χ3v) is 4.62. The van der Waals surface area contributed by atoms with Crippen molar-refractivity contribution in [1.29, 1.82) is 0 Å². The molecule has 0 saturated heterocycles. The van der Waals surface area contributed by atoms with Gasteiger partial charge in [0, 0.05) is 4.47 Å². The maximum Gasteiger partial charge on any atom is 0.0593 e. The Kier molecular flexibility index (Phi) is 5.23. The van der Waals surface area contributed by atoms with Crippen LogP contribution in [0.3, 0.4) is 0 Å². The van der Waals surface area contributed by atoms with Gasteiger partial charge in [-0.05, 0) is 62.6 Å². The van der Waals surface area contributed by atoms with E-state index in [1.54, 1.807) is 0 Å². The first kappa shape index (κ1) is 16.3. The molecule has 21 heavy (non-hydrogen) atoms. The monoisotopic (exact) mass is 345 g/mol. The lowest BCUT2D eigenvalue weighted by Crippen LogP contribution is -2.24. The zero-order valence-corrected chi connectivity index (χ0v) is 15.1. The van der Waals surface area contributed by atoms with Gasteiger partial charge >= 0.3 is 0 Å². The van der Waals surface area contributed by atoms with Crippen molar-refractivity contribution in [2.45, 2.75) is 40.7 Å². The fourth-order valence-electron chi connectivity index (χ4n) is 3.10. The van der Waals surface area contributed by atoms with Crippen molar-refractivity contribution in [3.8, 4) is 0 Å². The molecule has 1 nitrogen and oxygen atoms in total. The van der Waals surface area contributed by atoms with Gasteiger partial charge in [0.05, 0.1) is 6.04 Å². The summed E-state index contributed by atoms with van der Waals surface area (Å²) in [6, 6.07) is 11.3. The summed E-state index contributed by atoms with van der Waals surface area (Å²) in [5.74, 6) is 0. The zero-order valence-electron chi connectivity index (χ0n) is 13.5. The minimum Gasteiger partial charge on any atom is -0.306 e. The third-order valence-electron chi connectivity index (χ3n) is 3.90. The van der Waals surface area contributed by atoms with Gasteiger partial charge in [-0.25, -0.2) is 0 Å². The highest BCUT2D eigenvalue weighted by Crippen LogP contribution is 2.33. The van der Waals surface area contributed by atoms with E-state index < -0.39 is 0 Å². The Morgan fingerprint density at radius 1 is 0.952 bits per heavy atom. The molecule has 2 heteroatoms. The molecule has 0 spiro atoms. The van der Waals surface area contributed by atoms with Crippen LogP contribution in [0.25, 0.3) is 0 Å². The molecule has 0 aliphatic heterocycles. The van der Waals surface area contributed by atoms with E-state index in [2.05, 4.69) is 86.2 Å². The molecule has 2 rings (SSSR count). The lowest BCUT2D eigenvalue weighted by Gasteiger charge is -2.25. The van der Waals surface area contributed by atoms with Crippen LogP contribution in [0.1, 0.15) is 46.3 Å². The van der Waals surface area contributed by atoms with Crippen molar-refractivity contribution in [1.82, 2.24) is 5.32 Å². The van der Waals surface area contributed by atoms with Crippen molar-refractivity contribution in [2.75, 3.05) is 6.54 Å². The number of benzene rings is 2. The molecular weight excluding hydrogens is 322 g/mol. The van der Waals surface area contributed by atoms with E-state index in [0.29, 0.717) is 0 Å².